The van der Waals surface area contributed by atoms with Crippen molar-refractivity contribution < 1.29 is 19.2 Å². The number of ether oxygens (including phenoxy) is 2. The highest BCUT2D eigenvalue weighted by Gasteiger charge is 2.22. The van der Waals surface area contributed by atoms with Crippen LogP contribution in [-0.4, -0.2) is 24.2 Å². The summed E-state index contributed by atoms with van der Waals surface area (Å²) < 4.78 is 11.1. The fourth-order valence-corrected chi connectivity index (χ4v) is 3.07. The summed E-state index contributed by atoms with van der Waals surface area (Å²) in [5.74, 6) is -0.0693. The minimum absolute atomic E-state index is 0.0317. The highest BCUT2D eigenvalue weighted by Crippen LogP contribution is 2.38. The zero-order chi connectivity index (χ0) is 22.9. The van der Waals surface area contributed by atoms with Gasteiger partial charge in [-0.05, 0) is 24.1 Å². The summed E-state index contributed by atoms with van der Waals surface area (Å²) in [6, 6.07) is 19.8. The first-order chi connectivity index (χ1) is 15.5. The molecular weight excluding hydrogens is 410 g/mol. The van der Waals surface area contributed by atoms with E-state index in [4.69, 9.17) is 9.47 Å². The van der Waals surface area contributed by atoms with E-state index >= 15 is 0 Å². The van der Waals surface area contributed by atoms with Gasteiger partial charge in [0.05, 0.1) is 24.7 Å². The third kappa shape index (κ3) is 6.15. The Labute approximate surface area is 185 Å². The lowest BCUT2D eigenvalue weighted by Crippen LogP contribution is -2.19. The molecule has 0 radical (unpaired) electrons. The molecule has 0 saturated heterocycles. The molecule has 1 N–H and O–H groups in total. The van der Waals surface area contributed by atoms with Crippen LogP contribution in [0.15, 0.2) is 71.8 Å². The average molecular weight is 433 g/mol. The average Bonchev–Trinajstić information content (AvgIpc) is 2.78. The Kier molecular flexibility index (Phi) is 7.53. The van der Waals surface area contributed by atoms with Gasteiger partial charge in [-0.25, -0.2) is 5.43 Å². The Balaban J connectivity index is 1.74. The van der Waals surface area contributed by atoms with Crippen molar-refractivity contribution in [2.45, 2.75) is 20.0 Å². The molecule has 0 saturated carbocycles. The van der Waals surface area contributed by atoms with Gasteiger partial charge in [-0.15, -0.1) is 0 Å². The van der Waals surface area contributed by atoms with E-state index in [1.54, 1.807) is 6.07 Å². The minimum atomic E-state index is -0.542. The number of benzene rings is 3. The summed E-state index contributed by atoms with van der Waals surface area (Å²) in [5.41, 5.74) is 5.35. The molecule has 3 aromatic rings. The molecule has 0 aliphatic carbocycles. The van der Waals surface area contributed by atoms with Crippen molar-refractivity contribution in [3.8, 4) is 11.5 Å². The van der Waals surface area contributed by atoms with Crippen LogP contribution in [0, 0.1) is 17.0 Å². The number of nitro benzene ring substituents is 1. The van der Waals surface area contributed by atoms with Crippen LogP contribution in [0.2, 0.25) is 0 Å². The maximum atomic E-state index is 12.0. The molecular formula is C24H23N3O5. The number of nitro groups is 1. The first-order valence-corrected chi connectivity index (χ1v) is 9.87. The van der Waals surface area contributed by atoms with Gasteiger partial charge >= 0.3 is 5.69 Å². The quantitative estimate of drug-likeness (QED) is 0.310. The number of nitrogens with zero attached hydrogens (tertiary/aromatic N) is 2. The molecule has 0 spiro atoms. The summed E-state index contributed by atoms with van der Waals surface area (Å²) >= 11 is 0. The zero-order valence-corrected chi connectivity index (χ0v) is 17.8. The van der Waals surface area contributed by atoms with Crippen LogP contribution in [0.25, 0.3) is 0 Å². The number of amides is 1. The molecule has 164 valence electrons. The van der Waals surface area contributed by atoms with E-state index in [0.29, 0.717) is 5.56 Å². The molecule has 0 unspecified atom stereocenters. The van der Waals surface area contributed by atoms with Crippen molar-refractivity contribution in [3.05, 3.63) is 99.1 Å². The Morgan fingerprint density at radius 2 is 1.84 bits per heavy atom. The van der Waals surface area contributed by atoms with Crippen molar-refractivity contribution >= 4 is 17.8 Å². The SMILES string of the molecule is COc1cc(/C=N\NC(=O)Cc2ccccc2)cc([N+](=O)[O-])c1OCc1cccc(C)c1. The normalized spacial score (nSPS) is 10.7. The Bertz CT molecular complexity index is 1130. The second kappa shape index (κ2) is 10.7. The van der Waals surface area contributed by atoms with Gasteiger partial charge in [0.2, 0.25) is 11.7 Å². The number of aryl methyl sites for hydroxylation is 1. The van der Waals surface area contributed by atoms with Gasteiger partial charge in [0.1, 0.15) is 6.61 Å². The van der Waals surface area contributed by atoms with Crippen molar-refractivity contribution in [1.29, 1.82) is 0 Å². The zero-order valence-electron chi connectivity index (χ0n) is 17.8. The number of carbonyl (C=O) groups excluding carboxylic acids is 1. The molecule has 0 aromatic heterocycles. The van der Waals surface area contributed by atoms with Gasteiger partial charge in [-0.2, -0.15) is 5.10 Å². The minimum Gasteiger partial charge on any atom is -0.493 e. The second-order valence-corrected chi connectivity index (χ2v) is 7.06. The largest absolute Gasteiger partial charge is 0.493 e. The van der Waals surface area contributed by atoms with Crippen LogP contribution < -0.4 is 14.9 Å². The molecule has 8 nitrogen and oxygen atoms in total. The maximum Gasteiger partial charge on any atom is 0.315 e. The van der Waals surface area contributed by atoms with E-state index in [9.17, 15) is 14.9 Å². The van der Waals surface area contributed by atoms with Gasteiger partial charge in [0.15, 0.2) is 5.75 Å². The number of methoxy groups -OCH3 is 1. The molecule has 32 heavy (non-hydrogen) atoms. The predicted molar refractivity (Wildman–Crippen MR) is 121 cm³/mol. The number of nitrogens with one attached hydrogen (secondary N) is 1. The van der Waals surface area contributed by atoms with Gasteiger partial charge in [-0.3, -0.25) is 14.9 Å². The van der Waals surface area contributed by atoms with Gasteiger partial charge in [0, 0.05) is 11.6 Å². The summed E-state index contributed by atoms with van der Waals surface area (Å²) in [6.07, 6.45) is 1.50. The molecule has 0 atom stereocenters. The van der Waals surface area contributed by atoms with Crippen molar-refractivity contribution in [2.24, 2.45) is 5.10 Å². The van der Waals surface area contributed by atoms with E-state index in [-0.39, 0.29) is 36.1 Å². The monoisotopic (exact) mass is 433 g/mol. The van der Waals surface area contributed by atoms with Crippen LogP contribution in [-0.2, 0) is 17.8 Å². The topological polar surface area (TPSA) is 103 Å². The van der Waals surface area contributed by atoms with Crippen LogP contribution in [0.3, 0.4) is 0 Å². The Morgan fingerprint density at radius 1 is 1.09 bits per heavy atom. The van der Waals surface area contributed by atoms with Crippen LogP contribution >= 0.6 is 0 Å². The first kappa shape index (κ1) is 22.5. The van der Waals surface area contributed by atoms with Crippen LogP contribution in [0.5, 0.6) is 11.5 Å². The Hall–Kier alpha value is -4.20. The number of hydrazone groups is 1. The highest BCUT2D eigenvalue weighted by atomic mass is 16.6. The predicted octanol–water partition coefficient (Wildman–Crippen LogP) is 4.18. The number of rotatable bonds is 9. The van der Waals surface area contributed by atoms with Crippen LogP contribution in [0.1, 0.15) is 22.3 Å². The maximum absolute atomic E-state index is 12.0. The van der Waals surface area contributed by atoms with Gasteiger partial charge in [-0.1, -0.05) is 60.2 Å². The Morgan fingerprint density at radius 3 is 2.53 bits per heavy atom. The van der Waals surface area contributed by atoms with Gasteiger partial charge in [0.25, 0.3) is 0 Å². The summed E-state index contributed by atoms with van der Waals surface area (Å²) in [5, 5.41) is 15.6. The number of carbonyl (C=O) groups is 1. The van der Waals surface area contributed by atoms with Crippen molar-refractivity contribution in [2.75, 3.05) is 7.11 Å². The van der Waals surface area contributed by atoms with E-state index in [0.717, 1.165) is 16.7 Å². The molecule has 0 aliphatic rings. The smallest absolute Gasteiger partial charge is 0.315 e. The second-order valence-electron chi connectivity index (χ2n) is 7.06. The van der Waals surface area contributed by atoms with E-state index in [1.165, 1.54) is 19.4 Å². The number of hydrogen-bond donors (Lipinski definition) is 1. The fraction of sp³-hybridized carbons (Fsp3) is 0.167. The molecule has 0 aliphatic heterocycles. The van der Waals surface area contributed by atoms with Crippen molar-refractivity contribution in [1.82, 2.24) is 5.43 Å². The van der Waals surface area contributed by atoms with E-state index in [2.05, 4.69) is 10.5 Å². The first-order valence-electron chi connectivity index (χ1n) is 9.87. The van der Waals surface area contributed by atoms with E-state index in [1.807, 2.05) is 61.5 Å². The van der Waals surface area contributed by atoms with E-state index < -0.39 is 4.92 Å². The van der Waals surface area contributed by atoms with Crippen molar-refractivity contribution in [3.63, 3.8) is 0 Å². The van der Waals surface area contributed by atoms with Crippen LogP contribution in [0.4, 0.5) is 5.69 Å². The summed E-state index contributed by atoms with van der Waals surface area (Å²) in [4.78, 5) is 23.1. The number of hydrogen-bond acceptors (Lipinski definition) is 6. The summed E-state index contributed by atoms with van der Waals surface area (Å²) in [7, 11) is 1.40. The van der Waals surface area contributed by atoms with Gasteiger partial charge < -0.3 is 9.47 Å². The molecule has 1 amide bonds. The lowest BCUT2D eigenvalue weighted by Gasteiger charge is -2.12. The third-order valence-corrected chi connectivity index (χ3v) is 4.55. The fourth-order valence-electron chi connectivity index (χ4n) is 3.07. The highest BCUT2D eigenvalue weighted by molar-refractivity contribution is 5.85. The molecule has 8 heteroatoms. The third-order valence-electron chi connectivity index (χ3n) is 4.55. The lowest BCUT2D eigenvalue weighted by atomic mass is 10.1. The molecule has 0 bridgehead atoms. The standard InChI is InChI=1S/C24H23N3O5/c1-17-7-6-10-19(11-17)16-32-24-21(27(29)30)12-20(13-22(24)31-2)15-25-26-23(28)14-18-8-4-3-5-9-18/h3-13,15H,14,16H2,1-2H3,(H,26,28)/b25-15-. The molecule has 0 heterocycles. The summed E-state index contributed by atoms with van der Waals surface area (Å²) in [6.45, 7) is 2.11. The lowest BCUT2D eigenvalue weighted by molar-refractivity contribution is -0.386. The molecule has 3 rings (SSSR count). The molecule has 3 aromatic carbocycles. The molecule has 0 fully saturated rings.